The van der Waals surface area contributed by atoms with Crippen molar-refractivity contribution in [2.24, 2.45) is 0 Å². The van der Waals surface area contributed by atoms with E-state index < -0.39 is 5.54 Å². The van der Waals surface area contributed by atoms with Crippen LogP contribution in [-0.2, 0) is 9.53 Å². The largest absolute Gasteiger partial charge is 0.468 e. The minimum Gasteiger partial charge on any atom is -0.468 e. The molecule has 0 saturated heterocycles. The van der Waals surface area contributed by atoms with E-state index in [0.717, 1.165) is 25.4 Å². The molecule has 0 spiro atoms. The van der Waals surface area contributed by atoms with Gasteiger partial charge in [-0.1, -0.05) is 25.7 Å². The maximum atomic E-state index is 11.8. The van der Waals surface area contributed by atoms with E-state index in [-0.39, 0.29) is 5.97 Å². The molecule has 0 amide bonds. The number of rotatable bonds is 7. The van der Waals surface area contributed by atoms with E-state index in [1.807, 2.05) is 14.0 Å². The van der Waals surface area contributed by atoms with Gasteiger partial charge in [-0.05, 0) is 53.2 Å². The SMILES string of the molecule is CNC(C)(CCCN(C)C1CCCCCC1)C(=O)OC. The molecule has 0 heterocycles. The molecule has 1 unspecified atom stereocenters. The number of esters is 1. The zero-order chi connectivity index (χ0) is 15.0. The Morgan fingerprint density at radius 1 is 1.30 bits per heavy atom. The molecule has 1 aliphatic rings. The van der Waals surface area contributed by atoms with Gasteiger partial charge in [0.15, 0.2) is 0 Å². The first-order chi connectivity index (χ1) is 9.53. The molecule has 1 fully saturated rings. The zero-order valence-electron chi connectivity index (χ0n) is 13.7. The summed E-state index contributed by atoms with van der Waals surface area (Å²) in [5.41, 5.74) is -0.557. The lowest BCUT2D eigenvalue weighted by Gasteiger charge is -2.30. The first-order valence-electron chi connectivity index (χ1n) is 8.01. The van der Waals surface area contributed by atoms with Crippen molar-refractivity contribution in [2.75, 3.05) is 27.7 Å². The van der Waals surface area contributed by atoms with E-state index in [4.69, 9.17) is 4.74 Å². The fourth-order valence-electron chi connectivity index (χ4n) is 3.12. The monoisotopic (exact) mass is 284 g/mol. The Morgan fingerprint density at radius 3 is 2.40 bits per heavy atom. The third-order valence-corrected chi connectivity index (χ3v) is 4.82. The van der Waals surface area contributed by atoms with Crippen LogP contribution in [-0.4, -0.2) is 50.2 Å². The van der Waals surface area contributed by atoms with Crippen molar-refractivity contribution in [1.29, 1.82) is 0 Å². The van der Waals surface area contributed by atoms with Crippen molar-refractivity contribution in [1.82, 2.24) is 10.2 Å². The van der Waals surface area contributed by atoms with Gasteiger partial charge in [0.2, 0.25) is 0 Å². The molecule has 0 aromatic rings. The Hall–Kier alpha value is -0.610. The van der Waals surface area contributed by atoms with E-state index in [0.29, 0.717) is 0 Å². The van der Waals surface area contributed by atoms with Gasteiger partial charge in [0.1, 0.15) is 5.54 Å². The summed E-state index contributed by atoms with van der Waals surface area (Å²) < 4.78 is 4.88. The van der Waals surface area contributed by atoms with Gasteiger partial charge in [-0.2, -0.15) is 0 Å². The molecule has 0 aliphatic heterocycles. The maximum absolute atomic E-state index is 11.8. The predicted octanol–water partition coefficient (Wildman–Crippen LogP) is 2.57. The second kappa shape index (κ2) is 8.63. The fourth-order valence-corrected chi connectivity index (χ4v) is 3.12. The number of likely N-dealkylation sites (N-methyl/N-ethyl adjacent to an activating group) is 1. The van der Waals surface area contributed by atoms with Gasteiger partial charge in [0.25, 0.3) is 0 Å². The number of nitrogens with one attached hydrogen (secondary N) is 1. The molecular weight excluding hydrogens is 252 g/mol. The lowest BCUT2D eigenvalue weighted by molar-refractivity contribution is -0.148. The van der Waals surface area contributed by atoms with Gasteiger partial charge in [-0.15, -0.1) is 0 Å². The fraction of sp³-hybridized carbons (Fsp3) is 0.938. The van der Waals surface area contributed by atoms with Gasteiger partial charge < -0.3 is 15.0 Å². The van der Waals surface area contributed by atoms with Gasteiger partial charge in [-0.3, -0.25) is 4.79 Å². The quantitative estimate of drug-likeness (QED) is 0.576. The van der Waals surface area contributed by atoms with Gasteiger partial charge in [0.05, 0.1) is 7.11 Å². The summed E-state index contributed by atoms with van der Waals surface area (Å²) in [5.74, 6) is -0.169. The van der Waals surface area contributed by atoms with Crippen LogP contribution in [0.1, 0.15) is 58.3 Å². The number of hydrogen-bond acceptors (Lipinski definition) is 4. The molecule has 118 valence electrons. The Bertz CT molecular complexity index is 288. The standard InChI is InChI=1S/C16H32N2O2/c1-16(17-2,15(19)20-4)12-9-13-18(3)14-10-7-5-6-8-11-14/h14,17H,5-13H2,1-4H3. The van der Waals surface area contributed by atoms with E-state index in [1.165, 1.54) is 45.6 Å². The van der Waals surface area contributed by atoms with Crippen LogP contribution < -0.4 is 5.32 Å². The topological polar surface area (TPSA) is 41.6 Å². The van der Waals surface area contributed by atoms with Crippen LogP contribution >= 0.6 is 0 Å². The molecule has 0 bridgehead atoms. The molecule has 4 nitrogen and oxygen atoms in total. The third-order valence-electron chi connectivity index (χ3n) is 4.82. The molecular formula is C16H32N2O2. The molecule has 1 aliphatic carbocycles. The minimum absolute atomic E-state index is 0.169. The molecule has 0 aromatic carbocycles. The molecule has 20 heavy (non-hydrogen) atoms. The van der Waals surface area contributed by atoms with E-state index in [2.05, 4.69) is 17.3 Å². The lowest BCUT2D eigenvalue weighted by atomic mass is 9.95. The van der Waals surface area contributed by atoms with Crippen LogP contribution in [0.5, 0.6) is 0 Å². The van der Waals surface area contributed by atoms with Crippen molar-refractivity contribution in [3.63, 3.8) is 0 Å². The molecule has 1 saturated carbocycles. The smallest absolute Gasteiger partial charge is 0.325 e. The number of hydrogen-bond donors (Lipinski definition) is 1. The summed E-state index contributed by atoms with van der Waals surface area (Å²) in [7, 11) is 5.51. The van der Waals surface area contributed by atoms with Crippen molar-refractivity contribution in [2.45, 2.75) is 69.9 Å². The Balaban J connectivity index is 2.36. The third kappa shape index (κ3) is 5.06. The number of ether oxygens (including phenoxy) is 1. The second-order valence-corrected chi connectivity index (χ2v) is 6.30. The first-order valence-corrected chi connectivity index (χ1v) is 8.01. The molecule has 1 N–H and O–H groups in total. The summed E-state index contributed by atoms with van der Waals surface area (Å²) in [6.45, 7) is 2.98. The van der Waals surface area contributed by atoms with Crippen LogP contribution in [0.2, 0.25) is 0 Å². The van der Waals surface area contributed by atoms with Crippen LogP contribution in [0.4, 0.5) is 0 Å². The number of methoxy groups -OCH3 is 1. The molecule has 4 heteroatoms. The Kier molecular flexibility index (Phi) is 7.52. The number of carbonyl (C=O) groups is 1. The predicted molar refractivity (Wildman–Crippen MR) is 82.8 cm³/mol. The zero-order valence-corrected chi connectivity index (χ0v) is 13.7. The summed E-state index contributed by atoms with van der Waals surface area (Å²) in [5, 5.41) is 3.10. The van der Waals surface area contributed by atoms with Crippen LogP contribution in [0.25, 0.3) is 0 Å². The van der Waals surface area contributed by atoms with Crippen LogP contribution in [0, 0.1) is 0 Å². The highest BCUT2D eigenvalue weighted by molar-refractivity contribution is 5.80. The van der Waals surface area contributed by atoms with Gasteiger partial charge in [-0.25, -0.2) is 0 Å². The normalized spacial score (nSPS) is 20.4. The van der Waals surface area contributed by atoms with E-state index in [9.17, 15) is 4.79 Å². The number of carbonyl (C=O) groups excluding carboxylic acids is 1. The summed E-state index contributed by atoms with van der Waals surface area (Å²) in [6, 6.07) is 0.733. The van der Waals surface area contributed by atoms with Gasteiger partial charge in [0, 0.05) is 6.04 Å². The van der Waals surface area contributed by atoms with Crippen molar-refractivity contribution < 1.29 is 9.53 Å². The maximum Gasteiger partial charge on any atom is 0.325 e. The summed E-state index contributed by atoms with van der Waals surface area (Å²) in [6.07, 6.45) is 10.0. The average Bonchev–Trinajstić information content (AvgIpc) is 2.75. The van der Waals surface area contributed by atoms with Gasteiger partial charge >= 0.3 is 5.97 Å². The molecule has 1 rings (SSSR count). The summed E-state index contributed by atoms with van der Waals surface area (Å²) >= 11 is 0. The highest BCUT2D eigenvalue weighted by Gasteiger charge is 2.32. The van der Waals surface area contributed by atoms with Crippen molar-refractivity contribution >= 4 is 5.97 Å². The Labute approximate surface area is 124 Å². The van der Waals surface area contributed by atoms with Crippen LogP contribution in [0.3, 0.4) is 0 Å². The first kappa shape index (κ1) is 17.4. The summed E-state index contributed by atoms with van der Waals surface area (Å²) in [4.78, 5) is 14.3. The Morgan fingerprint density at radius 2 is 1.90 bits per heavy atom. The molecule has 0 aromatic heterocycles. The molecule has 1 atom stereocenters. The van der Waals surface area contributed by atoms with Crippen molar-refractivity contribution in [3.8, 4) is 0 Å². The molecule has 0 radical (unpaired) electrons. The minimum atomic E-state index is -0.557. The van der Waals surface area contributed by atoms with E-state index in [1.54, 1.807) is 0 Å². The van der Waals surface area contributed by atoms with Crippen LogP contribution in [0.15, 0.2) is 0 Å². The number of nitrogens with zero attached hydrogens (tertiary/aromatic N) is 1. The second-order valence-electron chi connectivity index (χ2n) is 6.30. The highest BCUT2D eigenvalue weighted by Crippen LogP contribution is 2.22. The highest BCUT2D eigenvalue weighted by atomic mass is 16.5. The lowest BCUT2D eigenvalue weighted by Crippen LogP contribution is -2.48. The van der Waals surface area contributed by atoms with E-state index >= 15 is 0 Å². The van der Waals surface area contributed by atoms with Crippen molar-refractivity contribution in [3.05, 3.63) is 0 Å². The average molecular weight is 284 g/mol.